The monoisotopic (exact) mass is 520 g/mol. The summed E-state index contributed by atoms with van der Waals surface area (Å²) in [7, 11) is 3.49. The molecule has 2 unspecified atom stereocenters. The Kier molecular flexibility index (Phi) is 11.7. The van der Waals surface area contributed by atoms with E-state index in [9.17, 15) is 4.79 Å². The van der Waals surface area contributed by atoms with E-state index in [0.717, 1.165) is 43.5 Å². The molecule has 1 heterocycles. The Bertz CT molecular complexity index is 644. The lowest BCUT2D eigenvalue weighted by molar-refractivity contribution is -0.129. The molecule has 1 aliphatic heterocycles. The topological polar surface area (TPSA) is 66.0 Å². The van der Waals surface area contributed by atoms with Gasteiger partial charge in [0.1, 0.15) is 5.75 Å². The quantitative estimate of drug-likeness (QED) is 0.239. The predicted molar refractivity (Wildman–Crippen MR) is 128 cm³/mol. The summed E-state index contributed by atoms with van der Waals surface area (Å²) in [6.45, 7) is 6.56. The van der Waals surface area contributed by atoms with Gasteiger partial charge in [-0.2, -0.15) is 0 Å². The standard InChI is InChI=1S/C20H32N4O2S.HI/c1-5-19(25)24-11-10-16(13-24)23-20(21-3)22-12-15(2)14-27-18-9-7-6-8-17(18)26-4;/h6-9,15-16H,5,10-14H2,1-4H3,(H2,21,22,23);1H. The van der Waals surface area contributed by atoms with Crippen LogP contribution in [0.25, 0.3) is 0 Å². The molecule has 1 saturated heterocycles. The summed E-state index contributed by atoms with van der Waals surface area (Å²) < 4.78 is 5.41. The molecule has 6 nitrogen and oxygen atoms in total. The van der Waals surface area contributed by atoms with Gasteiger partial charge in [-0.25, -0.2) is 0 Å². The number of likely N-dealkylation sites (tertiary alicyclic amines) is 1. The number of hydrogen-bond acceptors (Lipinski definition) is 4. The highest BCUT2D eigenvalue weighted by Crippen LogP contribution is 2.29. The summed E-state index contributed by atoms with van der Waals surface area (Å²) in [6, 6.07) is 8.37. The van der Waals surface area contributed by atoms with Crippen molar-refractivity contribution in [3.63, 3.8) is 0 Å². The molecule has 2 N–H and O–H groups in total. The number of aliphatic imine (C=N–C) groups is 1. The highest BCUT2D eigenvalue weighted by molar-refractivity contribution is 14.0. The number of guanidine groups is 1. The van der Waals surface area contributed by atoms with Crippen molar-refractivity contribution in [1.82, 2.24) is 15.5 Å². The molecule has 1 aromatic carbocycles. The number of halogens is 1. The van der Waals surface area contributed by atoms with Gasteiger partial charge in [-0.05, 0) is 24.5 Å². The number of carbonyl (C=O) groups excluding carboxylic acids is 1. The summed E-state index contributed by atoms with van der Waals surface area (Å²) in [6.07, 6.45) is 1.53. The number of nitrogens with one attached hydrogen (secondary N) is 2. The van der Waals surface area contributed by atoms with E-state index in [1.807, 2.05) is 41.8 Å². The summed E-state index contributed by atoms with van der Waals surface area (Å²) in [5.41, 5.74) is 0. The molecule has 1 aromatic rings. The van der Waals surface area contributed by atoms with Gasteiger partial charge in [0.25, 0.3) is 0 Å². The number of thioether (sulfide) groups is 1. The Labute approximate surface area is 190 Å². The molecule has 0 spiro atoms. The van der Waals surface area contributed by atoms with Crippen molar-refractivity contribution in [1.29, 1.82) is 0 Å². The first-order valence-electron chi connectivity index (χ1n) is 9.58. The first-order chi connectivity index (χ1) is 13.1. The minimum Gasteiger partial charge on any atom is -0.496 e. The lowest BCUT2D eigenvalue weighted by atomic mass is 10.2. The van der Waals surface area contributed by atoms with E-state index in [1.165, 1.54) is 4.90 Å². The van der Waals surface area contributed by atoms with Crippen LogP contribution in [0.5, 0.6) is 5.75 Å². The Morgan fingerprint density at radius 3 is 2.86 bits per heavy atom. The second kappa shape index (κ2) is 13.1. The molecule has 0 saturated carbocycles. The fraction of sp³-hybridized carbons (Fsp3) is 0.600. The van der Waals surface area contributed by atoms with E-state index >= 15 is 0 Å². The van der Waals surface area contributed by atoms with Gasteiger partial charge in [0, 0.05) is 49.8 Å². The molecule has 0 aromatic heterocycles. The average molecular weight is 520 g/mol. The van der Waals surface area contributed by atoms with Crippen LogP contribution < -0.4 is 15.4 Å². The number of para-hydroxylation sites is 1. The lowest BCUT2D eigenvalue weighted by Crippen LogP contribution is -2.46. The Morgan fingerprint density at radius 1 is 1.43 bits per heavy atom. The maximum Gasteiger partial charge on any atom is 0.222 e. The third-order valence-electron chi connectivity index (χ3n) is 4.62. The molecular weight excluding hydrogens is 487 g/mol. The molecule has 158 valence electrons. The number of rotatable bonds is 8. The minimum atomic E-state index is 0. The number of amides is 1. The molecule has 0 radical (unpaired) electrons. The van der Waals surface area contributed by atoms with Crippen LogP contribution in [-0.2, 0) is 4.79 Å². The second-order valence-corrected chi connectivity index (χ2v) is 7.91. The van der Waals surface area contributed by atoms with Crippen molar-refractivity contribution in [3.8, 4) is 5.75 Å². The zero-order valence-corrected chi connectivity index (χ0v) is 20.4. The van der Waals surface area contributed by atoms with Crippen LogP contribution in [0.15, 0.2) is 34.2 Å². The molecule has 1 amide bonds. The van der Waals surface area contributed by atoms with Crippen LogP contribution in [0.4, 0.5) is 0 Å². The first-order valence-corrected chi connectivity index (χ1v) is 10.6. The number of ether oxygens (including phenoxy) is 1. The van der Waals surface area contributed by atoms with Gasteiger partial charge in [0.05, 0.1) is 7.11 Å². The third kappa shape index (κ3) is 7.69. The number of benzene rings is 1. The van der Waals surface area contributed by atoms with Crippen molar-refractivity contribution in [2.45, 2.75) is 37.6 Å². The molecule has 28 heavy (non-hydrogen) atoms. The van der Waals surface area contributed by atoms with E-state index in [4.69, 9.17) is 4.74 Å². The Balaban J connectivity index is 0.00000392. The van der Waals surface area contributed by atoms with Crippen LogP contribution in [0, 0.1) is 5.92 Å². The normalized spacial score (nSPS) is 17.6. The van der Waals surface area contributed by atoms with Crippen LogP contribution in [0.3, 0.4) is 0 Å². The molecule has 0 bridgehead atoms. The zero-order valence-electron chi connectivity index (χ0n) is 17.2. The first kappa shape index (κ1) is 24.9. The van der Waals surface area contributed by atoms with Crippen LogP contribution in [0.1, 0.15) is 26.7 Å². The Hall–Kier alpha value is -1.16. The fourth-order valence-corrected chi connectivity index (χ4v) is 4.07. The van der Waals surface area contributed by atoms with Crippen LogP contribution >= 0.6 is 35.7 Å². The van der Waals surface area contributed by atoms with E-state index < -0.39 is 0 Å². The molecule has 1 aliphatic rings. The molecule has 1 fully saturated rings. The van der Waals surface area contributed by atoms with Crippen molar-refractivity contribution < 1.29 is 9.53 Å². The largest absolute Gasteiger partial charge is 0.496 e. The summed E-state index contributed by atoms with van der Waals surface area (Å²) >= 11 is 1.81. The number of carbonyl (C=O) groups is 1. The highest BCUT2D eigenvalue weighted by atomic mass is 127. The molecule has 2 rings (SSSR count). The number of nitrogens with zero attached hydrogens (tertiary/aromatic N) is 2. The average Bonchev–Trinajstić information content (AvgIpc) is 3.17. The predicted octanol–water partition coefficient (Wildman–Crippen LogP) is 3.22. The van der Waals surface area contributed by atoms with Crippen molar-refractivity contribution in [3.05, 3.63) is 24.3 Å². The lowest BCUT2D eigenvalue weighted by Gasteiger charge is -2.20. The second-order valence-electron chi connectivity index (χ2n) is 6.84. The van der Waals surface area contributed by atoms with E-state index in [2.05, 4.69) is 28.6 Å². The van der Waals surface area contributed by atoms with Crippen LogP contribution in [0.2, 0.25) is 0 Å². The number of hydrogen-bond donors (Lipinski definition) is 2. The SMILES string of the molecule is CCC(=O)N1CCC(NC(=NC)NCC(C)CSc2ccccc2OC)C1.I. The molecule has 8 heteroatoms. The maximum atomic E-state index is 11.8. The van der Waals surface area contributed by atoms with Gasteiger partial charge in [-0.15, -0.1) is 35.7 Å². The molecular formula is C20H33IN4O2S. The summed E-state index contributed by atoms with van der Waals surface area (Å²) in [5.74, 6) is 3.42. The van der Waals surface area contributed by atoms with Gasteiger partial charge in [-0.3, -0.25) is 9.79 Å². The Morgan fingerprint density at radius 2 is 2.18 bits per heavy atom. The van der Waals surface area contributed by atoms with Crippen LogP contribution in [-0.4, -0.2) is 62.4 Å². The third-order valence-corrected chi connectivity index (χ3v) is 6.00. The van der Waals surface area contributed by atoms with E-state index in [1.54, 1.807) is 14.2 Å². The summed E-state index contributed by atoms with van der Waals surface area (Å²) in [5, 5.41) is 6.85. The van der Waals surface area contributed by atoms with Crippen molar-refractivity contribution >= 4 is 47.6 Å². The van der Waals surface area contributed by atoms with E-state index in [0.29, 0.717) is 12.3 Å². The number of methoxy groups -OCH3 is 1. The molecule has 0 aliphatic carbocycles. The maximum absolute atomic E-state index is 11.8. The van der Waals surface area contributed by atoms with E-state index in [-0.39, 0.29) is 35.9 Å². The van der Waals surface area contributed by atoms with Gasteiger partial charge >= 0.3 is 0 Å². The minimum absolute atomic E-state index is 0. The zero-order chi connectivity index (χ0) is 19.6. The summed E-state index contributed by atoms with van der Waals surface area (Å²) in [4.78, 5) is 19.2. The van der Waals surface area contributed by atoms with Gasteiger partial charge in [0.2, 0.25) is 5.91 Å². The van der Waals surface area contributed by atoms with Crippen molar-refractivity contribution in [2.75, 3.05) is 39.5 Å². The smallest absolute Gasteiger partial charge is 0.222 e. The molecule has 2 atom stereocenters. The van der Waals surface area contributed by atoms with Gasteiger partial charge in [0.15, 0.2) is 5.96 Å². The van der Waals surface area contributed by atoms with Gasteiger partial charge < -0.3 is 20.3 Å². The van der Waals surface area contributed by atoms with Crippen molar-refractivity contribution in [2.24, 2.45) is 10.9 Å². The highest BCUT2D eigenvalue weighted by Gasteiger charge is 2.25. The fourth-order valence-electron chi connectivity index (χ4n) is 3.02. The van der Waals surface area contributed by atoms with Gasteiger partial charge in [-0.1, -0.05) is 26.0 Å².